The lowest BCUT2D eigenvalue weighted by molar-refractivity contribution is -0.367. The van der Waals surface area contributed by atoms with E-state index in [0.29, 0.717) is 31.8 Å². The summed E-state index contributed by atoms with van der Waals surface area (Å²) in [6, 6.07) is -1.32. The Kier molecular flexibility index (Phi) is 34.6. The first kappa shape index (κ1) is 66.8. The molecule has 2 radical (unpaired) electrons. The number of thioether (sulfide) groups is 1. The average molecular weight is 1100 g/mol. The van der Waals surface area contributed by atoms with Gasteiger partial charge in [-0.15, -0.1) is 16.8 Å². The van der Waals surface area contributed by atoms with Crippen molar-refractivity contribution in [3.63, 3.8) is 0 Å². The molecule has 2 aliphatic heterocycles. The summed E-state index contributed by atoms with van der Waals surface area (Å²) in [5.41, 5.74) is -1.28. The topological polar surface area (TPSA) is 328 Å². The summed E-state index contributed by atoms with van der Waals surface area (Å²) in [7, 11) is 1.88. The number of imide groups is 1. The van der Waals surface area contributed by atoms with Crippen LogP contribution >= 0.6 is 19.4 Å². The van der Waals surface area contributed by atoms with E-state index in [1.807, 2.05) is 20.8 Å². The molecule has 74 heavy (non-hydrogen) atoms. The largest absolute Gasteiger partial charge is 0.379 e. The Morgan fingerprint density at radius 3 is 1.70 bits per heavy atom. The summed E-state index contributed by atoms with van der Waals surface area (Å²) < 4.78 is 45.0. The molecule has 2 heterocycles. The SMILES string of the molecule is [B]C1OC(COP(C)(=O)O)C(O)N(OCCCSC2CC(=O)N(CCC(=O)NCCOCCC(=O)NC(COCCC(=O)NCCCC)(COCCC(=O)NCCCC)COCCC(=O)NCCCC)C2=O)C1O. The molecular weight excluding hydrogens is 1010 g/mol. The van der Waals surface area contributed by atoms with Crippen LogP contribution in [0, 0.1) is 0 Å². The molecule has 6 atom stereocenters. The molecule has 0 bridgehead atoms. The number of unbranched alkanes of at least 4 members (excludes halogenated alkanes) is 3. The van der Waals surface area contributed by atoms with Gasteiger partial charge in [0.25, 0.3) is 0 Å². The van der Waals surface area contributed by atoms with Crippen LogP contribution in [0.15, 0.2) is 0 Å². The number of ether oxygens (including phenoxy) is 5. The molecule has 7 amide bonds. The van der Waals surface area contributed by atoms with Crippen molar-refractivity contribution in [2.75, 3.05) is 111 Å². The second kappa shape index (κ2) is 38.3. The first-order chi connectivity index (χ1) is 35.3. The molecule has 0 spiro atoms. The standard InChI is InChI=1S/C46H83BN7O18PS/c1-5-8-17-48-37(56)13-24-67-31-46(32-68-25-14-38(57)49-18-9-6-2,33-69-26-15-39(58)50-19-10-7-3)52-40(59)16-23-66-27-20-51-36(55)12-21-53-41(60)29-35(44(53)62)74-28-11-22-70-54-43(61)34(30-71-73(4,64)65)72-42(47)45(54)63/h34-35,42-43,45,61,63H,5-33H2,1-4H3,(H,48,56)(H,49,57)(H,50,58)(H,51,55)(H,52,59)(H,64,65). The lowest BCUT2D eigenvalue weighted by Gasteiger charge is -2.43. The summed E-state index contributed by atoms with van der Waals surface area (Å²) in [6.07, 6.45) is 1.23. The van der Waals surface area contributed by atoms with Gasteiger partial charge in [0.2, 0.25) is 41.4 Å². The quantitative estimate of drug-likeness (QED) is 0.0166. The molecule has 28 heteroatoms. The van der Waals surface area contributed by atoms with Gasteiger partial charge in [-0.1, -0.05) is 40.0 Å². The van der Waals surface area contributed by atoms with E-state index in [2.05, 4.69) is 26.6 Å². The van der Waals surface area contributed by atoms with Crippen molar-refractivity contribution >= 4 is 68.6 Å². The highest BCUT2D eigenvalue weighted by Gasteiger charge is 2.42. The lowest BCUT2D eigenvalue weighted by Crippen LogP contribution is -2.61. The first-order valence-electron chi connectivity index (χ1n) is 25.6. The highest BCUT2D eigenvalue weighted by atomic mass is 32.2. The molecule has 2 saturated heterocycles. The number of amides is 7. The molecule has 8 N–H and O–H groups in total. The maximum Gasteiger partial charge on any atom is 0.325 e. The summed E-state index contributed by atoms with van der Waals surface area (Å²) >= 11 is 1.22. The number of aliphatic hydroxyl groups excluding tert-OH is 2. The van der Waals surface area contributed by atoms with Gasteiger partial charge >= 0.3 is 7.60 Å². The van der Waals surface area contributed by atoms with E-state index >= 15 is 0 Å². The smallest absolute Gasteiger partial charge is 0.325 e. The van der Waals surface area contributed by atoms with Gasteiger partial charge in [-0.05, 0) is 31.4 Å². The molecule has 2 rings (SSSR count). The third kappa shape index (κ3) is 28.7. The molecule has 0 saturated carbocycles. The molecule has 0 aromatic carbocycles. The van der Waals surface area contributed by atoms with Crippen LogP contribution < -0.4 is 26.6 Å². The Balaban J connectivity index is 1.85. The highest BCUT2D eigenvalue weighted by molar-refractivity contribution is 8.00. The molecule has 2 aliphatic rings. The maximum absolute atomic E-state index is 13.5. The number of morpholine rings is 1. The van der Waals surface area contributed by atoms with Crippen molar-refractivity contribution in [1.82, 2.24) is 36.5 Å². The number of hydrogen-bond donors (Lipinski definition) is 8. The number of hydroxylamine groups is 2. The second-order valence-electron chi connectivity index (χ2n) is 17.9. The number of nitrogens with zero attached hydrogens (tertiary/aromatic N) is 2. The Hall–Kier alpha value is -3.31. The zero-order chi connectivity index (χ0) is 54.8. The van der Waals surface area contributed by atoms with E-state index in [1.54, 1.807) is 0 Å². The Bertz CT molecular complexity index is 1670. The molecule has 0 aliphatic carbocycles. The highest BCUT2D eigenvalue weighted by Crippen LogP contribution is 2.37. The molecular formula is C46H83BN7O18PS. The van der Waals surface area contributed by atoms with Crippen LogP contribution in [0.25, 0.3) is 0 Å². The Morgan fingerprint density at radius 2 is 1.19 bits per heavy atom. The van der Waals surface area contributed by atoms with Crippen molar-refractivity contribution in [1.29, 1.82) is 0 Å². The monoisotopic (exact) mass is 1100 g/mol. The van der Waals surface area contributed by atoms with Crippen LogP contribution in [0.2, 0.25) is 0 Å². The number of likely N-dealkylation sites (tertiary alicyclic amines) is 1. The van der Waals surface area contributed by atoms with Crippen LogP contribution in [-0.4, -0.2) is 221 Å². The third-order valence-electron chi connectivity index (χ3n) is 11.1. The molecule has 25 nitrogen and oxygen atoms in total. The number of carbonyl (C=O) groups excluding carboxylic acids is 7. The van der Waals surface area contributed by atoms with Crippen LogP contribution in [-0.2, 0) is 71.2 Å². The summed E-state index contributed by atoms with van der Waals surface area (Å²) in [4.78, 5) is 105. The van der Waals surface area contributed by atoms with Gasteiger partial charge in [-0.2, -0.15) is 0 Å². The summed E-state index contributed by atoms with van der Waals surface area (Å²) in [6.45, 7) is 7.87. The fraction of sp³-hybridized carbons (Fsp3) is 0.848. The lowest BCUT2D eigenvalue weighted by atomic mass is 9.96. The number of nitrogens with one attached hydrogen (secondary N) is 5. The van der Waals surface area contributed by atoms with Crippen molar-refractivity contribution in [3.8, 4) is 0 Å². The van der Waals surface area contributed by atoms with Gasteiger partial charge in [0, 0.05) is 77.9 Å². The zero-order valence-electron chi connectivity index (χ0n) is 43.7. The van der Waals surface area contributed by atoms with E-state index in [4.69, 9.17) is 40.9 Å². The number of carbonyl (C=O) groups is 7. The molecule has 2 fully saturated rings. The Labute approximate surface area is 440 Å². The average Bonchev–Trinajstić information content (AvgIpc) is 3.62. The van der Waals surface area contributed by atoms with E-state index < -0.39 is 73.2 Å². The van der Waals surface area contributed by atoms with Gasteiger partial charge in [-0.3, -0.25) is 47.9 Å². The minimum atomic E-state index is -3.89. The van der Waals surface area contributed by atoms with Crippen LogP contribution in [0.4, 0.5) is 0 Å². The minimum Gasteiger partial charge on any atom is -0.379 e. The van der Waals surface area contributed by atoms with Gasteiger partial charge in [0.05, 0.1) is 77.3 Å². The first-order valence-corrected chi connectivity index (χ1v) is 28.7. The normalized spacial score (nSPS) is 20.0. The molecule has 0 aromatic heterocycles. The number of hydrogen-bond acceptors (Lipinski definition) is 19. The van der Waals surface area contributed by atoms with Crippen molar-refractivity contribution < 1.29 is 86.3 Å². The predicted molar refractivity (Wildman–Crippen MR) is 272 cm³/mol. The maximum atomic E-state index is 13.5. The van der Waals surface area contributed by atoms with Crippen molar-refractivity contribution in [2.24, 2.45) is 0 Å². The number of rotatable bonds is 43. The number of aliphatic hydroxyl groups is 2. The van der Waals surface area contributed by atoms with E-state index in [-0.39, 0.29) is 129 Å². The third-order valence-corrected chi connectivity index (χ3v) is 13.1. The minimum absolute atomic E-state index is 0.0296. The predicted octanol–water partition coefficient (Wildman–Crippen LogP) is -0.430. The van der Waals surface area contributed by atoms with Crippen molar-refractivity contribution in [3.05, 3.63) is 0 Å². The van der Waals surface area contributed by atoms with Crippen LogP contribution in [0.1, 0.15) is 104 Å². The summed E-state index contributed by atoms with van der Waals surface area (Å²) in [5.74, 6) is -1.92. The fourth-order valence-corrected chi connectivity index (χ4v) is 8.49. The van der Waals surface area contributed by atoms with E-state index in [0.717, 1.165) is 55.2 Å². The van der Waals surface area contributed by atoms with E-state index in [9.17, 15) is 53.2 Å². The van der Waals surface area contributed by atoms with Crippen LogP contribution in [0.5, 0.6) is 0 Å². The molecule has 0 aromatic rings. The second-order valence-corrected chi connectivity index (χ2v) is 21.0. The van der Waals surface area contributed by atoms with Gasteiger partial charge in [0.15, 0.2) is 6.23 Å². The molecule has 6 unspecified atom stereocenters. The van der Waals surface area contributed by atoms with Gasteiger partial charge in [-0.25, -0.2) is 0 Å². The van der Waals surface area contributed by atoms with Gasteiger partial charge in [0.1, 0.15) is 25.7 Å². The Morgan fingerprint density at radius 1 is 0.703 bits per heavy atom. The fourth-order valence-electron chi connectivity index (χ4n) is 6.97. The van der Waals surface area contributed by atoms with Gasteiger partial charge < -0.3 is 69.9 Å². The molecule has 424 valence electrons. The van der Waals surface area contributed by atoms with Crippen molar-refractivity contribution in [2.45, 2.75) is 140 Å². The van der Waals surface area contributed by atoms with Crippen LogP contribution in [0.3, 0.4) is 0 Å². The van der Waals surface area contributed by atoms with E-state index in [1.165, 1.54) is 11.8 Å². The summed E-state index contributed by atoms with van der Waals surface area (Å²) in [5, 5.41) is 35.2. The zero-order valence-corrected chi connectivity index (χ0v) is 45.4.